The summed E-state index contributed by atoms with van der Waals surface area (Å²) in [5.74, 6) is 0.601. The van der Waals surface area contributed by atoms with Crippen LogP contribution in [0.4, 0.5) is 0 Å². The van der Waals surface area contributed by atoms with Crippen LogP contribution in [0.3, 0.4) is 0 Å². The Hall–Kier alpha value is -3.45. The quantitative estimate of drug-likeness (QED) is 0.393. The molecule has 31 heavy (non-hydrogen) atoms. The van der Waals surface area contributed by atoms with Crippen LogP contribution in [0.5, 0.6) is 0 Å². The molecule has 2 fully saturated rings. The molecular formula is C30H24O. The predicted molar refractivity (Wildman–Crippen MR) is 124 cm³/mol. The fourth-order valence-electron chi connectivity index (χ4n) is 6.30. The molecule has 4 aromatic carbocycles. The summed E-state index contributed by atoms with van der Waals surface area (Å²) in [5, 5.41) is 0. The molecule has 150 valence electrons. The molecule has 0 radical (unpaired) electrons. The Labute approximate surface area is 183 Å². The Morgan fingerprint density at radius 2 is 0.935 bits per heavy atom. The van der Waals surface area contributed by atoms with E-state index in [1.165, 1.54) is 11.1 Å². The Balaban J connectivity index is 1.57. The molecule has 0 bridgehead atoms. The lowest BCUT2D eigenvalue weighted by Crippen LogP contribution is -2.37. The fraction of sp³-hybridized carbons (Fsp3) is 0.167. The highest BCUT2D eigenvalue weighted by molar-refractivity contribution is 6.04. The first-order chi connectivity index (χ1) is 15.3. The molecule has 0 aliphatic heterocycles. The van der Waals surface area contributed by atoms with Gasteiger partial charge in [-0.15, -0.1) is 0 Å². The van der Waals surface area contributed by atoms with Crippen molar-refractivity contribution in [2.24, 2.45) is 5.92 Å². The third-order valence-corrected chi connectivity index (χ3v) is 7.60. The van der Waals surface area contributed by atoms with E-state index in [1.54, 1.807) is 0 Å². The lowest BCUT2D eigenvalue weighted by atomic mass is 9.67. The molecule has 1 heteroatoms. The van der Waals surface area contributed by atoms with E-state index in [0.717, 1.165) is 17.5 Å². The predicted octanol–water partition coefficient (Wildman–Crippen LogP) is 6.30. The molecule has 1 nitrogen and oxygen atoms in total. The minimum Gasteiger partial charge on any atom is -0.298 e. The molecule has 3 atom stereocenters. The van der Waals surface area contributed by atoms with Gasteiger partial charge in [-0.1, -0.05) is 121 Å². The molecule has 0 saturated heterocycles. The maximum Gasteiger partial charge on any atom is 0.152 e. The van der Waals surface area contributed by atoms with Crippen LogP contribution in [0.1, 0.15) is 34.6 Å². The van der Waals surface area contributed by atoms with Crippen molar-refractivity contribution in [2.45, 2.75) is 23.2 Å². The van der Waals surface area contributed by atoms with Crippen LogP contribution in [0.15, 0.2) is 121 Å². The van der Waals surface area contributed by atoms with E-state index in [4.69, 9.17) is 0 Å². The summed E-state index contributed by atoms with van der Waals surface area (Å²) in [4.78, 5) is 14.4. The van der Waals surface area contributed by atoms with Gasteiger partial charge in [-0.25, -0.2) is 0 Å². The van der Waals surface area contributed by atoms with Crippen LogP contribution in [-0.2, 0) is 15.6 Å². The van der Waals surface area contributed by atoms with Crippen molar-refractivity contribution in [2.75, 3.05) is 0 Å². The van der Waals surface area contributed by atoms with Crippen molar-refractivity contribution < 1.29 is 4.79 Å². The monoisotopic (exact) mass is 400 g/mol. The van der Waals surface area contributed by atoms with Crippen molar-refractivity contribution in [1.29, 1.82) is 0 Å². The second-order valence-electron chi connectivity index (χ2n) is 8.95. The molecule has 0 unspecified atom stereocenters. The summed E-state index contributed by atoms with van der Waals surface area (Å²) in [6.45, 7) is 0. The van der Waals surface area contributed by atoms with E-state index in [2.05, 4.69) is 109 Å². The van der Waals surface area contributed by atoms with E-state index in [-0.39, 0.29) is 17.3 Å². The summed E-state index contributed by atoms with van der Waals surface area (Å²) in [6.07, 6.45) is 0.807. The molecule has 2 aliphatic rings. The van der Waals surface area contributed by atoms with Crippen LogP contribution >= 0.6 is 0 Å². The molecule has 0 heterocycles. The normalized spacial score (nSPS) is 25.7. The van der Waals surface area contributed by atoms with Crippen molar-refractivity contribution in [3.63, 3.8) is 0 Å². The van der Waals surface area contributed by atoms with Crippen molar-refractivity contribution >= 4 is 5.78 Å². The number of carbonyl (C=O) groups excluding carboxylic acids is 1. The van der Waals surface area contributed by atoms with Gasteiger partial charge in [-0.2, -0.15) is 0 Å². The summed E-state index contributed by atoms with van der Waals surface area (Å²) in [7, 11) is 0. The van der Waals surface area contributed by atoms with Gasteiger partial charge in [0.05, 0.1) is 5.41 Å². The van der Waals surface area contributed by atoms with Gasteiger partial charge in [-0.3, -0.25) is 4.79 Å². The molecule has 6 rings (SSSR count). The van der Waals surface area contributed by atoms with Gasteiger partial charge in [0.1, 0.15) is 0 Å². The molecule has 2 saturated carbocycles. The summed E-state index contributed by atoms with van der Waals surface area (Å²) in [6, 6.07) is 42.1. The SMILES string of the molecule is O=C1[C@H]2[C@@H](c3ccccc3)[C@@]2(c2ccccc2)CC1(c1ccccc1)c1ccccc1. The second kappa shape index (κ2) is 6.78. The molecule has 0 amide bonds. The van der Waals surface area contributed by atoms with Gasteiger partial charge in [0, 0.05) is 17.3 Å². The van der Waals surface area contributed by atoms with Gasteiger partial charge in [0.2, 0.25) is 0 Å². The maximum absolute atomic E-state index is 14.4. The Morgan fingerprint density at radius 1 is 0.516 bits per heavy atom. The number of fused-ring (bicyclic) bond motifs is 1. The zero-order valence-corrected chi connectivity index (χ0v) is 17.3. The Bertz CT molecular complexity index is 1180. The van der Waals surface area contributed by atoms with E-state index in [9.17, 15) is 4.79 Å². The highest BCUT2D eigenvalue weighted by atomic mass is 16.1. The zero-order chi connectivity index (χ0) is 20.9. The average molecular weight is 401 g/mol. The summed E-state index contributed by atoms with van der Waals surface area (Å²) < 4.78 is 0. The summed E-state index contributed by atoms with van der Waals surface area (Å²) >= 11 is 0. The largest absolute Gasteiger partial charge is 0.298 e. The molecule has 0 spiro atoms. The number of carbonyl (C=O) groups is 1. The van der Waals surface area contributed by atoms with Crippen LogP contribution in [0.2, 0.25) is 0 Å². The molecular weight excluding hydrogens is 376 g/mol. The van der Waals surface area contributed by atoms with Crippen molar-refractivity contribution in [1.82, 2.24) is 0 Å². The fourth-order valence-corrected chi connectivity index (χ4v) is 6.30. The lowest BCUT2D eigenvalue weighted by Gasteiger charge is -2.34. The zero-order valence-electron chi connectivity index (χ0n) is 17.3. The van der Waals surface area contributed by atoms with E-state index in [0.29, 0.717) is 5.78 Å². The average Bonchev–Trinajstić information content (AvgIpc) is 3.45. The number of Topliss-reactive ketones (excluding diaryl/α,β-unsaturated/α-hetero) is 1. The van der Waals surface area contributed by atoms with Crippen LogP contribution < -0.4 is 0 Å². The van der Waals surface area contributed by atoms with E-state index in [1.807, 2.05) is 12.1 Å². The maximum atomic E-state index is 14.4. The minimum atomic E-state index is -0.603. The number of rotatable bonds is 4. The van der Waals surface area contributed by atoms with Crippen molar-refractivity contribution in [3.05, 3.63) is 144 Å². The summed E-state index contributed by atoms with van der Waals surface area (Å²) in [5.41, 5.74) is 4.02. The standard InChI is InChI=1S/C30H24O/c31-28-27-26(22-13-5-1-6-14-22)30(27,25-19-11-4-12-20-25)21-29(28,23-15-7-2-8-16-23)24-17-9-3-10-18-24/h1-20,26-27H,21H2/t26-,27-,30+/m1/s1. The third kappa shape index (κ3) is 2.47. The number of benzene rings is 4. The Kier molecular flexibility index (Phi) is 4.01. The minimum absolute atomic E-state index is 0.00212. The van der Waals surface area contributed by atoms with E-state index >= 15 is 0 Å². The van der Waals surface area contributed by atoms with Gasteiger partial charge >= 0.3 is 0 Å². The first kappa shape index (κ1) is 18.3. The van der Waals surface area contributed by atoms with Crippen molar-refractivity contribution in [3.8, 4) is 0 Å². The Morgan fingerprint density at radius 3 is 1.42 bits per heavy atom. The molecule has 0 aromatic heterocycles. The van der Waals surface area contributed by atoms with Gasteiger partial charge in [0.15, 0.2) is 5.78 Å². The van der Waals surface area contributed by atoms with Gasteiger partial charge in [-0.05, 0) is 28.7 Å². The number of hydrogen-bond acceptors (Lipinski definition) is 1. The molecule has 0 N–H and O–H groups in total. The van der Waals surface area contributed by atoms with Gasteiger partial charge < -0.3 is 0 Å². The first-order valence-corrected chi connectivity index (χ1v) is 11.0. The number of hydrogen-bond donors (Lipinski definition) is 0. The topological polar surface area (TPSA) is 17.1 Å². The first-order valence-electron chi connectivity index (χ1n) is 11.0. The third-order valence-electron chi connectivity index (χ3n) is 7.60. The van der Waals surface area contributed by atoms with Crippen LogP contribution in [-0.4, -0.2) is 5.78 Å². The highest BCUT2D eigenvalue weighted by Gasteiger charge is 2.78. The lowest BCUT2D eigenvalue weighted by molar-refractivity contribution is -0.123. The van der Waals surface area contributed by atoms with Gasteiger partial charge in [0.25, 0.3) is 0 Å². The van der Waals surface area contributed by atoms with Crippen LogP contribution in [0, 0.1) is 5.92 Å². The number of ketones is 1. The molecule has 4 aromatic rings. The highest BCUT2D eigenvalue weighted by Crippen LogP contribution is 2.76. The second-order valence-corrected chi connectivity index (χ2v) is 8.95. The molecule has 2 aliphatic carbocycles. The van der Waals surface area contributed by atoms with E-state index < -0.39 is 5.41 Å². The van der Waals surface area contributed by atoms with Crippen LogP contribution in [0.25, 0.3) is 0 Å². The smallest absolute Gasteiger partial charge is 0.152 e.